The van der Waals surface area contributed by atoms with Crippen LogP contribution < -0.4 is 5.32 Å². The maximum absolute atomic E-state index is 10.9. The molecule has 0 aliphatic carbocycles. The molecular formula is C13H12N6O2. The Labute approximate surface area is 119 Å². The third kappa shape index (κ3) is 2.50. The number of rotatable bonds is 4. The Morgan fingerprint density at radius 1 is 1.33 bits per heavy atom. The molecule has 106 valence electrons. The van der Waals surface area contributed by atoms with E-state index >= 15 is 0 Å². The summed E-state index contributed by atoms with van der Waals surface area (Å²) in [6.07, 6.45) is 4.89. The topological polar surface area (TPSA) is 105 Å². The molecular weight excluding hydrogens is 272 g/mol. The fourth-order valence-electron chi connectivity index (χ4n) is 1.95. The van der Waals surface area contributed by atoms with Gasteiger partial charge >= 0.3 is 5.97 Å². The number of nitrogens with zero attached hydrogens (tertiary/aromatic N) is 5. The molecule has 0 aliphatic heterocycles. The van der Waals surface area contributed by atoms with Gasteiger partial charge in [-0.3, -0.25) is 9.38 Å². The average molecular weight is 284 g/mol. The van der Waals surface area contributed by atoms with E-state index in [0.717, 1.165) is 5.82 Å². The van der Waals surface area contributed by atoms with Gasteiger partial charge in [-0.2, -0.15) is 0 Å². The van der Waals surface area contributed by atoms with Crippen molar-refractivity contribution in [2.75, 3.05) is 5.32 Å². The molecule has 0 fully saturated rings. The van der Waals surface area contributed by atoms with Crippen molar-refractivity contribution in [2.24, 2.45) is 0 Å². The molecule has 0 radical (unpaired) electrons. The summed E-state index contributed by atoms with van der Waals surface area (Å²) >= 11 is 0. The molecule has 0 bridgehead atoms. The lowest BCUT2D eigenvalue weighted by Crippen LogP contribution is -2.07. The molecule has 21 heavy (non-hydrogen) atoms. The zero-order chi connectivity index (χ0) is 14.8. The van der Waals surface area contributed by atoms with Gasteiger partial charge in [-0.1, -0.05) is 0 Å². The molecule has 2 N–H and O–H groups in total. The number of nitrogens with one attached hydrogen (secondary N) is 1. The van der Waals surface area contributed by atoms with Gasteiger partial charge < -0.3 is 10.4 Å². The number of hydrogen-bond acceptors (Lipinski definition) is 6. The van der Waals surface area contributed by atoms with Gasteiger partial charge in [0.15, 0.2) is 5.82 Å². The summed E-state index contributed by atoms with van der Waals surface area (Å²) in [5, 5.41) is 20.1. The smallest absolute Gasteiger partial charge is 0.335 e. The molecule has 0 unspecified atom stereocenters. The number of hydrogen-bond donors (Lipinski definition) is 2. The number of aromatic carboxylic acids is 1. The lowest BCUT2D eigenvalue weighted by molar-refractivity contribution is 0.0696. The lowest BCUT2D eigenvalue weighted by atomic mass is 10.2. The van der Waals surface area contributed by atoms with E-state index < -0.39 is 5.97 Å². The number of aromatic nitrogens is 5. The van der Waals surface area contributed by atoms with Crippen LogP contribution in [0.15, 0.2) is 30.7 Å². The fourth-order valence-corrected chi connectivity index (χ4v) is 1.95. The highest BCUT2D eigenvalue weighted by Crippen LogP contribution is 2.13. The van der Waals surface area contributed by atoms with Crippen LogP contribution in [-0.2, 0) is 6.54 Å². The molecule has 3 aromatic rings. The highest BCUT2D eigenvalue weighted by Gasteiger charge is 2.08. The molecule has 0 saturated heterocycles. The van der Waals surface area contributed by atoms with Crippen molar-refractivity contribution < 1.29 is 9.90 Å². The van der Waals surface area contributed by atoms with Crippen LogP contribution in [0.3, 0.4) is 0 Å². The van der Waals surface area contributed by atoms with Gasteiger partial charge in [-0.25, -0.2) is 9.78 Å². The van der Waals surface area contributed by atoms with Crippen LogP contribution in [0.4, 0.5) is 5.82 Å². The molecule has 0 aliphatic rings. The molecule has 8 heteroatoms. The summed E-state index contributed by atoms with van der Waals surface area (Å²) in [7, 11) is 0. The minimum atomic E-state index is -0.980. The Balaban J connectivity index is 1.83. The number of carbonyl (C=O) groups is 1. The molecule has 0 amide bonds. The van der Waals surface area contributed by atoms with E-state index in [2.05, 4.69) is 25.5 Å². The van der Waals surface area contributed by atoms with Crippen LogP contribution >= 0.6 is 0 Å². The van der Waals surface area contributed by atoms with Crippen LogP contribution in [0.1, 0.15) is 21.9 Å². The first-order chi connectivity index (χ1) is 10.1. The van der Waals surface area contributed by atoms with Crippen molar-refractivity contribution in [1.29, 1.82) is 0 Å². The monoisotopic (exact) mass is 284 g/mol. The van der Waals surface area contributed by atoms with Crippen molar-refractivity contribution in [3.05, 3.63) is 47.8 Å². The van der Waals surface area contributed by atoms with Gasteiger partial charge in [0.2, 0.25) is 5.65 Å². The second-order valence-corrected chi connectivity index (χ2v) is 4.41. The second-order valence-electron chi connectivity index (χ2n) is 4.41. The Morgan fingerprint density at radius 3 is 3.00 bits per heavy atom. The van der Waals surface area contributed by atoms with E-state index in [1.165, 1.54) is 18.3 Å². The SMILES string of the molecule is Cc1nnc2c(NCc3cc(C(=O)O)ccn3)nccn12. The predicted octanol–water partition coefficient (Wildman–Crippen LogP) is 1.14. The summed E-state index contributed by atoms with van der Waals surface area (Å²) in [5.74, 6) is 0.356. The number of aryl methyl sites for hydroxylation is 1. The number of fused-ring (bicyclic) bond motifs is 1. The highest BCUT2D eigenvalue weighted by atomic mass is 16.4. The van der Waals surface area contributed by atoms with Gasteiger partial charge in [0.25, 0.3) is 0 Å². The van der Waals surface area contributed by atoms with Crippen molar-refractivity contribution in [3.63, 3.8) is 0 Å². The van der Waals surface area contributed by atoms with Crippen LogP contribution in [-0.4, -0.2) is 35.6 Å². The summed E-state index contributed by atoms with van der Waals surface area (Å²) in [4.78, 5) is 19.3. The summed E-state index contributed by atoms with van der Waals surface area (Å²) in [6.45, 7) is 2.20. The van der Waals surface area contributed by atoms with Gasteiger partial charge in [-0.15, -0.1) is 10.2 Å². The minimum Gasteiger partial charge on any atom is -0.478 e. The van der Waals surface area contributed by atoms with E-state index in [1.54, 1.807) is 12.4 Å². The molecule has 3 rings (SSSR count). The molecule has 3 heterocycles. The average Bonchev–Trinajstić information content (AvgIpc) is 2.88. The maximum Gasteiger partial charge on any atom is 0.335 e. The normalized spacial score (nSPS) is 10.7. The van der Waals surface area contributed by atoms with Crippen molar-refractivity contribution in [3.8, 4) is 0 Å². The third-order valence-electron chi connectivity index (χ3n) is 3.00. The van der Waals surface area contributed by atoms with Crippen molar-refractivity contribution >= 4 is 17.4 Å². The van der Waals surface area contributed by atoms with Crippen LogP contribution in [0, 0.1) is 6.92 Å². The van der Waals surface area contributed by atoms with E-state index in [9.17, 15) is 4.79 Å². The Bertz CT molecular complexity index is 813. The van der Waals surface area contributed by atoms with Crippen molar-refractivity contribution in [2.45, 2.75) is 13.5 Å². The van der Waals surface area contributed by atoms with Gasteiger partial charge in [-0.05, 0) is 19.1 Å². The van der Waals surface area contributed by atoms with Crippen LogP contribution in [0.5, 0.6) is 0 Å². The third-order valence-corrected chi connectivity index (χ3v) is 3.00. The van der Waals surface area contributed by atoms with E-state index in [-0.39, 0.29) is 5.56 Å². The molecule has 0 atom stereocenters. The zero-order valence-electron chi connectivity index (χ0n) is 11.2. The largest absolute Gasteiger partial charge is 0.478 e. The first-order valence-electron chi connectivity index (χ1n) is 6.23. The molecule has 3 aromatic heterocycles. The first-order valence-corrected chi connectivity index (χ1v) is 6.23. The number of carboxylic acid groups (broad SMARTS) is 1. The van der Waals surface area contributed by atoms with Gasteiger partial charge in [0.1, 0.15) is 5.82 Å². The number of anilines is 1. The molecule has 0 saturated carbocycles. The molecule has 0 spiro atoms. The maximum atomic E-state index is 10.9. The van der Waals surface area contributed by atoms with E-state index in [4.69, 9.17) is 5.11 Å². The first kappa shape index (κ1) is 13.0. The van der Waals surface area contributed by atoms with E-state index in [1.807, 2.05) is 11.3 Å². The second kappa shape index (κ2) is 5.16. The zero-order valence-corrected chi connectivity index (χ0v) is 11.2. The minimum absolute atomic E-state index is 0.200. The Morgan fingerprint density at radius 2 is 2.19 bits per heavy atom. The summed E-state index contributed by atoms with van der Waals surface area (Å²) in [6, 6.07) is 2.97. The van der Waals surface area contributed by atoms with Gasteiger partial charge in [0, 0.05) is 18.6 Å². The van der Waals surface area contributed by atoms with Crippen molar-refractivity contribution in [1.82, 2.24) is 24.6 Å². The van der Waals surface area contributed by atoms with E-state index in [0.29, 0.717) is 23.7 Å². The summed E-state index contributed by atoms with van der Waals surface area (Å²) < 4.78 is 1.82. The van der Waals surface area contributed by atoms with Crippen LogP contribution in [0.25, 0.3) is 5.65 Å². The van der Waals surface area contributed by atoms with Gasteiger partial charge in [0.05, 0.1) is 17.8 Å². The number of carboxylic acids is 1. The fraction of sp³-hybridized carbons (Fsp3) is 0.154. The molecule has 0 aromatic carbocycles. The van der Waals surface area contributed by atoms with Crippen LogP contribution in [0.2, 0.25) is 0 Å². The Hall–Kier alpha value is -3.03. The lowest BCUT2D eigenvalue weighted by Gasteiger charge is -2.06. The quantitative estimate of drug-likeness (QED) is 0.740. The predicted molar refractivity (Wildman–Crippen MR) is 74.0 cm³/mol. The standard InChI is InChI=1S/C13H12N6O2/c1-8-17-18-12-11(15-4-5-19(8)12)16-7-10-6-9(13(20)21)2-3-14-10/h2-6H,7H2,1H3,(H,15,16)(H,20,21). The number of pyridine rings is 1. The highest BCUT2D eigenvalue weighted by molar-refractivity contribution is 5.87. The Kier molecular flexibility index (Phi) is 3.19. The molecule has 8 nitrogen and oxygen atoms in total. The summed E-state index contributed by atoms with van der Waals surface area (Å²) in [5.41, 5.74) is 1.42.